The maximum absolute atomic E-state index is 11.8. The van der Waals surface area contributed by atoms with Crippen molar-refractivity contribution in [2.75, 3.05) is 19.7 Å². The lowest BCUT2D eigenvalue weighted by Gasteiger charge is -2.29. The fraction of sp³-hybridized carbons (Fsp3) is 0.588. The number of ether oxygens (including phenoxy) is 1. The van der Waals surface area contributed by atoms with E-state index in [1.54, 1.807) is 0 Å². The molecular weight excluding hydrogens is 250 g/mol. The van der Waals surface area contributed by atoms with E-state index in [1.165, 1.54) is 11.1 Å². The lowest BCUT2D eigenvalue weighted by molar-refractivity contribution is -0.144. The second-order valence-corrected chi connectivity index (χ2v) is 4.84. The Morgan fingerprint density at radius 2 is 1.70 bits per heavy atom. The molecule has 1 aromatic rings. The second kappa shape index (κ2) is 8.75. The summed E-state index contributed by atoms with van der Waals surface area (Å²) in [5, 5.41) is 0. The minimum atomic E-state index is -0.121. The molecule has 3 heteroatoms. The summed E-state index contributed by atoms with van der Waals surface area (Å²) in [6.07, 6.45) is 1.45. The summed E-state index contributed by atoms with van der Waals surface area (Å²) in [5.41, 5.74) is 2.52. The minimum Gasteiger partial charge on any atom is -0.466 e. The Morgan fingerprint density at radius 3 is 2.15 bits per heavy atom. The first-order chi connectivity index (χ1) is 9.65. The van der Waals surface area contributed by atoms with Gasteiger partial charge in [-0.15, -0.1) is 0 Å². The Hall–Kier alpha value is -1.35. The van der Waals surface area contributed by atoms with E-state index in [2.05, 4.69) is 49.9 Å². The van der Waals surface area contributed by atoms with Crippen molar-refractivity contribution in [3.63, 3.8) is 0 Å². The Labute approximate surface area is 122 Å². The van der Waals surface area contributed by atoms with Gasteiger partial charge in [-0.05, 0) is 37.6 Å². The van der Waals surface area contributed by atoms with Crippen molar-refractivity contribution in [3.05, 3.63) is 35.4 Å². The third-order valence-electron chi connectivity index (χ3n) is 3.69. The van der Waals surface area contributed by atoms with Gasteiger partial charge in [0.2, 0.25) is 0 Å². The number of nitrogens with zero attached hydrogens (tertiary/aromatic N) is 1. The summed E-state index contributed by atoms with van der Waals surface area (Å²) < 4.78 is 5.11. The fourth-order valence-electron chi connectivity index (χ4n) is 2.48. The molecule has 0 amide bonds. The molecule has 0 aliphatic heterocycles. The van der Waals surface area contributed by atoms with Gasteiger partial charge in [-0.25, -0.2) is 0 Å². The number of carbonyl (C=O) groups excluding carboxylic acids is 1. The number of esters is 1. The molecule has 0 aliphatic carbocycles. The average molecular weight is 277 g/mol. The van der Waals surface area contributed by atoms with Crippen molar-refractivity contribution in [2.24, 2.45) is 0 Å². The highest BCUT2D eigenvalue weighted by Gasteiger charge is 2.21. The Bertz CT molecular complexity index is 396. The molecule has 0 bridgehead atoms. The van der Waals surface area contributed by atoms with Gasteiger partial charge in [0.05, 0.1) is 13.0 Å². The predicted octanol–water partition coefficient (Wildman–Crippen LogP) is 3.59. The van der Waals surface area contributed by atoms with Gasteiger partial charge in [-0.3, -0.25) is 9.69 Å². The van der Waals surface area contributed by atoms with E-state index in [9.17, 15) is 4.79 Å². The van der Waals surface area contributed by atoms with Crippen molar-refractivity contribution in [2.45, 2.75) is 46.6 Å². The molecule has 20 heavy (non-hydrogen) atoms. The Kier molecular flexibility index (Phi) is 7.31. The third kappa shape index (κ3) is 4.64. The van der Waals surface area contributed by atoms with Crippen LogP contribution in [0.15, 0.2) is 24.3 Å². The highest BCUT2D eigenvalue weighted by molar-refractivity contribution is 5.70. The maximum Gasteiger partial charge on any atom is 0.307 e. The zero-order valence-corrected chi connectivity index (χ0v) is 13.2. The summed E-state index contributed by atoms with van der Waals surface area (Å²) >= 11 is 0. The van der Waals surface area contributed by atoms with Crippen LogP contribution in [-0.2, 0) is 16.0 Å². The molecule has 0 radical (unpaired) electrons. The van der Waals surface area contributed by atoms with Crippen LogP contribution in [-0.4, -0.2) is 30.6 Å². The molecule has 1 atom stereocenters. The monoisotopic (exact) mass is 277 g/mol. The van der Waals surface area contributed by atoms with Gasteiger partial charge < -0.3 is 4.74 Å². The fourth-order valence-corrected chi connectivity index (χ4v) is 2.48. The quantitative estimate of drug-likeness (QED) is 0.680. The number of rotatable bonds is 8. The molecule has 112 valence electrons. The van der Waals surface area contributed by atoms with Crippen LogP contribution in [0, 0.1) is 0 Å². The smallest absolute Gasteiger partial charge is 0.307 e. The average Bonchev–Trinajstić information content (AvgIpc) is 2.48. The van der Waals surface area contributed by atoms with E-state index in [0.717, 1.165) is 19.5 Å². The maximum atomic E-state index is 11.8. The molecule has 0 spiro atoms. The summed E-state index contributed by atoms with van der Waals surface area (Å²) in [6, 6.07) is 8.69. The first-order valence-electron chi connectivity index (χ1n) is 7.64. The zero-order chi connectivity index (χ0) is 15.0. The second-order valence-electron chi connectivity index (χ2n) is 4.84. The summed E-state index contributed by atoms with van der Waals surface area (Å²) in [6.45, 7) is 10.5. The molecule has 0 aromatic heterocycles. The van der Waals surface area contributed by atoms with Gasteiger partial charge in [0.15, 0.2) is 0 Å². The first-order valence-corrected chi connectivity index (χ1v) is 7.64. The molecule has 1 unspecified atom stereocenters. The lowest BCUT2D eigenvalue weighted by Crippen LogP contribution is -2.30. The lowest BCUT2D eigenvalue weighted by atomic mass is 9.99. The van der Waals surface area contributed by atoms with Crippen LogP contribution >= 0.6 is 0 Å². The molecule has 0 aliphatic rings. The Balaban J connectivity index is 2.92. The molecule has 0 saturated carbocycles. The highest BCUT2D eigenvalue weighted by atomic mass is 16.5. The van der Waals surface area contributed by atoms with Crippen LogP contribution in [0.3, 0.4) is 0 Å². The standard InChI is InChI=1S/C17H27NO2/c1-5-14-9-11-15(12-10-14)16(18(6-2)7-3)13-17(19)20-8-4/h9-12,16H,5-8,13H2,1-4H3. The van der Waals surface area contributed by atoms with E-state index in [1.807, 2.05) is 6.92 Å². The van der Waals surface area contributed by atoms with Crippen molar-refractivity contribution in [1.82, 2.24) is 4.90 Å². The summed E-state index contributed by atoms with van der Waals surface area (Å²) in [5.74, 6) is -0.121. The number of hydrogen-bond donors (Lipinski definition) is 0. The molecule has 0 fully saturated rings. The summed E-state index contributed by atoms with van der Waals surface area (Å²) in [7, 11) is 0. The third-order valence-corrected chi connectivity index (χ3v) is 3.69. The van der Waals surface area contributed by atoms with Gasteiger partial charge in [-0.2, -0.15) is 0 Å². The van der Waals surface area contributed by atoms with Gasteiger partial charge in [0, 0.05) is 6.04 Å². The predicted molar refractivity (Wildman–Crippen MR) is 82.7 cm³/mol. The van der Waals surface area contributed by atoms with E-state index in [4.69, 9.17) is 4.74 Å². The SMILES string of the molecule is CCOC(=O)CC(c1ccc(CC)cc1)N(CC)CC. The molecule has 1 rings (SSSR count). The molecule has 0 N–H and O–H groups in total. The largest absolute Gasteiger partial charge is 0.466 e. The number of carbonyl (C=O) groups is 1. The van der Waals surface area contributed by atoms with Crippen LogP contribution in [0.5, 0.6) is 0 Å². The van der Waals surface area contributed by atoms with Gasteiger partial charge in [-0.1, -0.05) is 45.0 Å². The van der Waals surface area contributed by atoms with Crippen LogP contribution in [0.25, 0.3) is 0 Å². The van der Waals surface area contributed by atoms with E-state index in [-0.39, 0.29) is 12.0 Å². The van der Waals surface area contributed by atoms with E-state index in [0.29, 0.717) is 13.0 Å². The highest BCUT2D eigenvalue weighted by Crippen LogP contribution is 2.25. The van der Waals surface area contributed by atoms with Gasteiger partial charge in [0.25, 0.3) is 0 Å². The Morgan fingerprint density at radius 1 is 1.10 bits per heavy atom. The topological polar surface area (TPSA) is 29.5 Å². The van der Waals surface area contributed by atoms with E-state index >= 15 is 0 Å². The molecule has 3 nitrogen and oxygen atoms in total. The molecular formula is C17H27NO2. The number of hydrogen-bond acceptors (Lipinski definition) is 3. The van der Waals surface area contributed by atoms with E-state index < -0.39 is 0 Å². The van der Waals surface area contributed by atoms with Crippen molar-refractivity contribution in [1.29, 1.82) is 0 Å². The van der Waals surface area contributed by atoms with Crippen LogP contribution in [0.4, 0.5) is 0 Å². The van der Waals surface area contributed by atoms with Crippen molar-refractivity contribution in [3.8, 4) is 0 Å². The first kappa shape index (κ1) is 16.7. The number of aryl methyl sites for hydroxylation is 1. The number of benzene rings is 1. The van der Waals surface area contributed by atoms with Crippen LogP contribution in [0.1, 0.15) is 51.3 Å². The molecule has 1 aromatic carbocycles. The molecule has 0 heterocycles. The molecule has 0 saturated heterocycles. The van der Waals surface area contributed by atoms with Crippen molar-refractivity contribution >= 4 is 5.97 Å². The van der Waals surface area contributed by atoms with Gasteiger partial charge >= 0.3 is 5.97 Å². The summed E-state index contributed by atoms with van der Waals surface area (Å²) in [4.78, 5) is 14.1. The van der Waals surface area contributed by atoms with Crippen molar-refractivity contribution < 1.29 is 9.53 Å². The normalized spacial score (nSPS) is 12.4. The van der Waals surface area contributed by atoms with Gasteiger partial charge in [0.1, 0.15) is 0 Å². The minimum absolute atomic E-state index is 0.106. The van der Waals surface area contributed by atoms with Crippen LogP contribution < -0.4 is 0 Å². The zero-order valence-electron chi connectivity index (χ0n) is 13.2. The van der Waals surface area contributed by atoms with Crippen LogP contribution in [0.2, 0.25) is 0 Å².